The van der Waals surface area contributed by atoms with Gasteiger partial charge in [-0.25, -0.2) is 0 Å². The molecule has 0 radical (unpaired) electrons. The predicted octanol–water partition coefficient (Wildman–Crippen LogP) is 1.96. The molecule has 2 rings (SSSR count). The Balaban J connectivity index is 1.54. The van der Waals surface area contributed by atoms with Gasteiger partial charge in [0.1, 0.15) is 0 Å². The van der Waals surface area contributed by atoms with Gasteiger partial charge in [-0.15, -0.1) is 0 Å². The monoisotopic (exact) mass is 228 g/mol. The molecule has 0 aromatic carbocycles. The van der Waals surface area contributed by atoms with Crippen LogP contribution < -0.4 is 5.32 Å². The van der Waals surface area contributed by atoms with E-state index in [0.717, 1.165) is 11.3 Å². The van der Waals surface area contributed by atoms with Crippen molar-refractivity contribution in [3.8, 4) is 0 Å². The smallest absolute Gasteiger partial charge is 0.0169 e. The van der Waals surface area contributed by atoms with E-state index in [4.69, 9.17) is 0 Å². The third kappa shape index (κ3) is 3.97. The van der Waals surface area contributed by atoms with E-state index in [1.165, 1.54) is 57.6 Å². The SMILES string of the molecule is CC1CC(NCCN2CCCCC2)CS1. The Kier molecular flexibility index (Phi) is 4.79. The Morgan fingerprint density at radius 1 is 1.27 bits per heavy atom. The Morgan fingerprint density at radius 3 is 2.73 bits per heavy atom. The lowest BCUT2D eigenvalue weighted by atomic mass is 10.1. The first kappa shape index (κ1) is 11.7. The average Bonchev–Trinajstić information content (AvgIpc) is 2.66. The first-order valence-electron chi connectivity index (χ1n) is 6.42. The fourth-order valence-electron chi connectivity index (χ4n) is 2.57. The van der Waals surface area contributed by atoms with Crippen LogP contribution in [0.3, 0.4) is 0 Å². The quantitative estimate of drug-likeness (QED) is 0.792. The summed E-state index contributed by atoms with van der Waals surface area (Å²) >= 11 is 2.12. The van der Waals surface area contributed by atoms with Crippen LogP contribution >= 0.6 is 11.8 Å². The van der Waals surface area contributed by atoms with Crippen LogP contribution in [0, 0.1) is 0 Å². The van der Waals surface area contributed by atoms with E-state index in [1.807, 2.05) is 0 Å². The van der Waals surface area contributed by atoms with Gasteiger partial charge in [0, 0.05) is 30.1 Å². The zero-order chi connectivity index (χ0) is 10.5. The van der Waals surface area contributed by atoms with Gasteiger partial charge in [0.2, 0.25) is 0 Å². The molecule has 0 spiro atoms. The fourth-order valence-corrected chi connectivity index (χ4v) is 3.75. The minimum atomic E-state index is 0.787. The van der Waals surface area contributed by atoms with Crippen molar-refractivity contribution in [2.75, 3.05) is 31.9 Å². The number of piperidine rings is 1. The lowest BCUT2D eigenvalue weighted by Crippen LogP contribution is -2.39. The molecule has 3 heteroatoms. The lowest BCUT2D eigenvalue weighted by molar-refractivity contribution is 0.227. The molecule has 0 aliphatic carbocycles. The van der Waals surface area contributed by atoms with Crippen LogP contribution in [0.4, 0.5) is 0 Å². The summed E-state index contributed by atoms with van der Waals surface area (Å²) in [6.07, 6.45) is 5.64. The maximum atomic E-state index is 3.70. The Labute approximate surface area is 98.2 Å². The maximum absolute atomic E-state index is 3.70. The number of likely N-dealkylation sites (tertiary alicyclic amines) is 1. The third-order valence-electron chi connectivity index (χ3n) is 3.51. The summed E-state index contributed by atoms with van der Waals surface area (Å²) in [6, 6.07) is 0.787. The van der Waals surface area contributed by atoms with E-state index in [0.29, 0.717) is 0 Å². The van der Waals surface area contributed by atoms with E-state index in [2.05, 4.69) is 28.9 Å². The molecule has 0 amide bonds. The second kappa shape index (κ2) is 6.12. The molecule has 2 saturated heterocycles. The molecule has 2 atom stereocenters. The Bertz CT molecular complexity index is 176. The molecule has 15 heavy (non-hydrogen) atoms. The number of rotatable bonds is 4. The summed E-state index contributed by atoms with van der Waals surface area (Å²) in [5.41, 5.74) is 0. The van der Waals surface area contributed by atoms with E-state index in [-0.39, 0.29) is 0 Å². The van der Waals surface area contributed by atoms with Crippen LogP contribution in [0.15, 0.2) is 0 Å². The van der Waals surface area contributed by atoms with E-state index >= 15 is 0 Å². The largest absolute Gasteiger partial charge is 0.312 e. The number of nitrogens with one attached hydrogen (secondary N) is 1. The van der Waals surface area contributed by atoms with E-state index in [9.17, 15) is 0 Å². The van der Waals surface area contributed by atoms with Crippen molar-refractivity contribution in [1.82, 2.24) is 10.2 Å². The highest BCUT2D eigenvalue weighted by Crippen LogP contribution is 2.25. The summed E-state index contributed by atoms with van der Waals surface area (Å²) in [6.45, 7) is 7.46. The zero-order valence-electron chi connectivity index (χ0n) is 9.87. The summed E-state index contributed by atoms with van der Waals surface area (Å²) in [5, 5.41) is 4.57. The van der Waals surface area contributed by atoms with Crippen LogP contribution in [0.25, 0.3) is 0 Å². The molecule has 2 fully saturated rings. The maximum Gasteiger partial charge on any atom is 0.0169 e. The minimum absolute atomic E-state index is 0.787. The minimum Gasteiger partial charge on any atom is -0.312 e. The number of thioether (sulfide) groups is 1. The predicted molar refractivity (Wildman–Crippen MR) is 68.6 cm³/mol. The van der Waals surface area contributed by atoms with Gasteiger partial charge in [0.25, 0.3) is 0 Å². The Hall–Kier alpha value is 0.270. The summed E-state index contributed by atoms with van der Waals surface area (Å²) < 4.78 is 0. The normalized spacial score (nSPS) is 33.4. The number of hydrogen-bond acceptors (Lipinski definition) is 3. The van der Waals surface area contributed by atoms with Crippen molar-refractivity contribution in [3.63, 3.8) is 0 Å². The third-order valence-corrected chi connectivity index (χ3v) is 4.86. The second-order valence-corrected chi connectivity index (χ2v) is 6.40. The highest BCUT2D eigenvalue weighted by Gasteiger charge is 2.21. The van der Waals surface area contributed by atoms with Gasteiger partial charge < -0.3 is 10.2 Å². The molecule has 1 N–H and O–H groups in total. The molecular weight excluding hydrogens is 204 g/mol. The van der Waals surface area contributed by atoms with Gasteiger partial charge >= 0.3 is 0 Å². The standard InChI is InChI=1S/C12H24N2S/c1-11-9-12(10-15-11)13-5-8-14-6-3-2-4-7-14/h11-13H,2-10H2,1H3. The van der Waals surface area contributed by atoms with Gasteiger partial charge in [-0.2, -0.15) is 11.8 Å². The fraction of sp³-hybridized carbons (Fsp3) is 1.00. The first-order valence-corrected chi connectivity index (χ1v) is 7.47. The van der Waals surface area contributed by atoms with Gasteiger partial charge in [-0.1, -0.05) is 13.3 Å². The topological polar surface area (TPSA) is 15.3 Å². The number of nitrogens with zero attached hydrogens (tertiary/aromatic N) is 1. The van der Waals surface area contributed by atoms with Crippen molar-refractivity contribution < 1.29 is 0 Å². The molecule has 2 heterocycles. The average molecular weight is 228 g/mol. The lowest BCUT2D eigenvalue weighted by Gasteiger charge is -2.27. The second-order valence-electron chi connectivity index (χ2n) is 4.93. The summed E-state index contributed by atoms with van der Waals surface area (Å²) in [7, 11) is 0. The van der Waals surface area contributed by atoms with Gasteiger partial charge in [-0.05, 0) is 32.4 Å². The van der Waals surface area contributed by atoms with E-state index in [1.54, 1.807) is 0 Å². The first-order chi connectivity index (χ1) is 7.34. The molecular formula is C12H24N2S. The molecule has 0 bridgehead atoms. The van der Waals surface area contributed by atoms with Crippen LogP contribution in [-0.4, -0.2) is 48.1 Å². The molecule has 0 aromatic rings. The van der Waals surface area contributed by atoms with Gasteiger partial charge in [0.15, 0.2) is 0 Å². The van der Waals surface area contributed by atoms with Crippen LogP contribution in [0.5, 0.6) is 0 Å². The van der Waals surface area contributed by atoms with Crippen molar-refractivity contribution in [1.29, 1.82) is 0 Å². The van der Waals surface area contributed by atoms with E-state index < -0.39 is 0 Å². The van der Waals surface area contributed by atoms with Crippen LogP contribution in [-0.2, 0) is 0 Å². The zero-order valence-corrected chi connectivity index (χ0v) is 10.7. The molecule has 2 aliphatic rings. The van der Waals surface area contributed by atoms with Crippen LogP contribution in [0.1, 0.15) is 32.6 Å². The molecule has 88 valence electrons. The molecule has 0 saturated carbocycles. The molecule has 0 aromatic heterocycles. The highest BCUT2D eigenvalue weighted by molar-refractivity contribution is 8.00. The highest BCUT2D eigenvalue weighted by atomic mass is 32.2. The van der Waals surface area contributed by atoms with Crippen molar-refractivity contribution in [2.45, 2.75) is 43.9 Å². The van der Waals surface area contributed by atoms with Crippen molar-refractivity contribution in [3.05, 3.63) is 0 Å². The molecule has 2 aliphatic heterocycles. The Morgan fingerprint density at radius 2 is 2.07 bits per heavy atom. The molecule has 2 unspecified atom stereocenters. The van der Waals surface area contributed by atoms with Gasteiger partial charge in [-0.3, -0.25) is 0 Å². The summed E-state index contributed by atoms with van der Waals surface area (Å²) in [4.78, 5) is 2.61. The van der Waals surface area contributed by atoms with Crippen molar-refractivity contribution in [2.24, 2.45) is 0 Å². The number of hydrogen-bond donors (Lipinski definition) is 1. The van der Waals surface area contributed by atoms with Crippen molar-refractivity contribution >= 4 is 11.8 Å². The van der Waals surface area contributed by atoms with Gasteiger partial charge in [0.05, 0.1) is 0 Å². The molecule has 2 nitrogen and oxygen atoms in total. The van der Waals surface area contributed by atoms with Crippen LogP contribution in [0.2, 0.25) is 0 Å². The summed E-state index contributed by atoms with van der Waals surface area (Å²) in [5.74, 6) is 1.32.